The van der Waals surface area contributed by atoms with Crippen LogP contribution in [0.3, 0.4) is 0 Å². The lowest BCUT2D eigenvalue weighted by Crippen LogP contribution is -2.46. The van der Waals surface area contributed by atoms with E-state index in [0.717, 1.165) is 11.6 Å². The summed E-state index contributed by atoms with van der Waals surface area (Å²) in [5, 5.41) is 27.9. The molecule has 0 saturated carbocycles. The molecule has 0 spiro atoms. The van der Waals surface area contributed by atoms with E-state index in [0.29, 0.717) is 36.7 Å². The van der Waals surface area contributed by atoms with Crippen LogP contribution >= 0.6 is 11.3 Å². The topological polar surface area (TPSA) is 87.6 Å². The van der Waals surface area contributed by atoms with E-state index >= 15 is 0 Å². The van der Waals surface area contributed by atoms with E-state index < -0.39 is 22.7 Å². The minimum absolute atomic E-state index is 0.168. The highest BCUT2D eigenvalue weighted by molar-refractivity contribution is 7.07. The minimum atomic E-state index is -2.06. The van der Waals surface area contributed by atoms with Gasteiger partial charge in [-0.3, -0.25) is 4.68 Å². The van der Waals surface area contributed by atoms with Crippen molar-refractivity contribution in [3.8, 4) is 6.07 Å². The Hall–Kier alpha value is -3.22. The number of aryl methyl sites for hydroxylation is 1. The number of aliphatic hydroxyl groups is 1. The maximum atomic E-state index is 14.9. The molecule has 4 rings (SSSR count). The minimum Gasteiger partial charge on any atom is -0.378 e. The number of aromatic nitrogens is 4. The first-order valence-electron chi connectivity index (χ1n) is 9.62. The predicted octanol–water partition coefficient (Wildman–Crippen LogP) is 4.23. The quantitative estimate of drug-likeness (QED) is 0.621. The summed E-state index contributed by atoms with van der Waals surface area (Å²) in [5.41, 5.74) is -0.588. The number of thiazole rings is 1. The average molecular weight is 439 g/mol. The summed E-state index contributed by atoms with van der Waals surface area (Å²) < 4.78 is 30.3. The summed E-state index contributed by atoms with van der Waals surface area (Å²) in [7, 11) is 0. The molecule has 3 aromatic rings. The summed E-state index contributed by atoms with van der Waals surface area (Å²) in [5.74, 6) is -1.68. The van der Waals surface area contributed by atoms with Crippen molar-refractivity contribution in [2.75, 3.05) is 0 Å². The molecule has 2 heterocycles. The lowest BCUT2D eigenvalue weighted by atomic mass is 9.61. The molecule has 0 bridgehead atoms. The van der Waals surface area contributed by atoms with Crippen LogP contribution in [0.25, 0.3) is 5.57 Å². The molecule has 0 radical (unpaired) electrons. The van der Waals surface area contributed by atoms with Crippen molar-refractivity contribution in [2.45, 2.75) is 31.9 Å². The molecule has 1 aliphatic rings. The van der Waals surface area contributed by atoms with Gasteiger partial charge in [-0.2, -0.15) is 10.4 Å². The number of hydrogen-bond donors (Lipinski definition) is 1. The van der Waals surface area contributed by atoms with E-state index in [2.05, 4.69) is 21.1 Å². The Balaban J connectivity index is 1.86. The van der Waals surface area contributed by atoms with E-state index in [9.17, 15) is 19.1 Å². The lowest BCUT2D eigenvalue weighted by Gasteiger charge is -2.44. The summed E-state index contributed by atoms with van der Waals surface area (Å²) in [6.45, 7) is 2.13. The average Bonchev–Trinajstić information content (AvgIpc) is 3.45. The zero-order chi connectivity index (χ0) is 22.1. The molecule has 1 aromatic carbocycles. The third-order valence-corrected chi connectivity index (χ3v) is 6.18. The van der Waals surface area contributed by atoms with E-state index in [-0.39, 0.29) is 5.56 Å². The Morgan fingerprint density at radius 1 is 1.32 bits per heavy atom. The Bertz CT molecular complexity index is 1180. The van der Waals surface area contributed by atoms with Crippen LogP contribution in [0.5, 0.6) is 0 Å². The molecular formula is C22H19F2N5OS. The molecule has 0 aliphatic heterocycles. The van der Waals surface area contributed by atoms with Crippen LogP contribution in [0.4, 0.5) is 8.78 Å². The number of nitrogens with zero attached hydrogens (tertiary/aromatic N) is 5. The molecule has 1 aliphatic carbocycles. The van der Waals surface area contributed by atoms with Crippen LogP contribution < -0.4 is 0 Å². The molecule has 2 atom stereocenters. The molecule has 1 N–H and O–H groups in total. The smallest absolute Gasteiger partial charge is 0.142 e. The number of halogens is 2. The molecule has 0 saturated heterocycles. The molecule has 2 unspecified atom stereocenters. The van der Waals surface area contributed by atoms with Crippen LogP contribution in [-0.4, -0.2) is 24.9 Å². The highest BCUT2D eigenvalue weighted by Gasteiger charge is 2.54. The van der Waals surface area contributed by atoms with Crippen molar-refractivity contribution in [1.82, 2.24) is 19.7 Å². The number of benzene rings is 1. The fourth-order valence-corrected chi connectivity index (χ4v) is 4.50. The van der Waals surface area contributed by atoms with Gasteiger partial charge in [-0.25, -0.2) is 18.7 Å². The third-order valence-electron chi connectivity index (χ3n) is 5.59. The van der Waals surface area contributed by atoms with Gasteiger partial charge >= 0.3 is 0 Å². The first-order valence-corrected chi connectivity index (χ1v) is 10.6. The zero-order valence-corrected chi connectivity index (χ0v) is 17.5. The van der Waals surface area contributed by atoms with E-state index in [1.807, 2.05) is 0 Å². The van der Waals surface area contributed by atoms with Crippen molar-refractivity contribution in [3.05, 3.63) is 82.4 Å². The van der Waals surface area contributed by atoms with Crippen LogP contribution in [0.2, 0.25) is 0 Å². The Morgan fingerprint density at radius 2 is 2.16 bits per heavy atom. The van der Waals surface area contributed by atoms with Crippen molar-refractivity contribution in [1.29, 1.82) is 5.26 Å². The molecule has 9 heteroatoms. The SMILES string of the molecule is CC1(C#N)C=CC(CCCn2cncn2)=C(c2cscn2)C1(O)c1ccc(F)cc1F. The molecule has 2 aromatic heterocycles. The zero-order valence-electron chi connectivity index (χ0n) is 16.7. The van der Waals surface area contributed by atoms with Crippen LogP contribution in [0, 0.1) is 28.4 Å². The Morgan fingerprint density at radius 3 is 2.81 bits per heavy atom. The van der Waals surface area contributed by atoms with Crippen LogP contribution in [0.1, 0.15) is 31.0 Å². The second kappa shape index (κ2) is 8.13. The fourth-order valence-electron chi connectivity index (χ4n) is 3.95. The van der Waals surface area contributed by atoms with Crippen LogP contribution in [-0.2, 0) is 12.1 Å². The highest BCUT2D eigenvalue weighted by atomic mass is 32.1. The molecule has 0 amide bonds. The van der Waals surface area contributed by atoms with Gasteiger partial charge in [0.2, 0.25) is 0 Å². The lowest BCUT2D eigenvalue weighted by molar-refractivity contribution is 0.0228. The first-order chi connectivity index (χ1) is 14.9. The van der Waals surface area contributed by atoms with Gasteiger partial charge < -0.3 is 5.11 Å². The molecule has 31 heavy (non-hydrogen) atoms. The van der Waals surface area contributed by atoms with Crippen LogP contribution in [0.15, 0.2) is 59.5 Å². The maximum Gasteiger partial charge on any atom is 0.142 e. The highest BCUT2D eigenvalue weighted by Crippen LogP contribution is 2.54. The van der Waals surface area contributed by atoms with E-state index in [4.69, 9.17) is 0 Å². The second-order valence-corrected chi connectivity index (χ2v) is 8.24. The molecule has 158 valence electrons. The third kappa shape index (κ3) is 3.58. The van der Waals surface area contributed by atoms with Crippen molar-refractivity contribution in [3.63, 3.8) is 0 Å². The molecule has 6 nitrogen and oxygen atoms in total. The summed E-state index contributed by atoms with van der Waals surface area (Å²) in [4.78, 5) is 8.27. The maximum absolute atomic E-state index is 14.9. The van der Waals surface area contributed by atoms with Gasteiger partial charge in [0.15, 0.2) is 0 Å². The van der Waals surface area contributed by atoms with Gasteiger partial charge in [0.25, 0.3) is 0 Å². The standard InChI is InChI=1S/C22H19F2N5OS/c1-21(11-25)7-6-15(3-2-8-29-13-26-12-28-29)20(19-10-31-14-27-19)22(21,30)17-5-4-16(23)9-18(17)24/h4-7,9-10,12-14,30H,2-3,8H2,1H3. The second-order valence-electron chi connectivity index (χ2n) is 7.52. The van der Waals surface area contributed by atoms with Crippen molar-refractivity contribution >= 4 is 16.9 Å². The Labute approximate surface area is 181 Å². The summed E-state index contributed by atoms with van der Waals surface area (Å²) in [6.07, 6.45) is 7.63. The monoisotopic (exact) mass is 439 g/mol. The first kappa shape index (κ1) is 21.0. The van der Waals surface area contributed by atoms with Gasteiger partial charge in [0, 0.05) is 29.1 Å². The largest absolute Gasteiger partial charge is 0.378 e. The number of hydrogen-bond acceptors (Lipinski definition) is 6. The van der Waals surface area contributed by atoms with E-state index in [1.165, 1.54) is 30.7 Å². The van der Waals surface area contributed by atoms with Crippen molar-refractivity contribution < 1.29 is 13.9 Å². The van der Waals surface area contributed by atoms with Gasteiger partial charge in [0.1, 0.15) is 35.3 Å². The van der Waals surface area contributed by atoms with Gasteiger partial charge in [-0.15, -0.1) is 11.3 Å². The predicted molar refractivity (Wildman–Crippen MR) is 111 cm³/mol. The van der Waals surface area contributed by atoms with Crippen molar-refractivity contribution in [2.24, 2.45) is 5.41 Å². The summed E-state index contributed by atoms with van der Waals surface area (Å²) >= 11 is 1.33. The fraction of sp³-hybridized carbons (Fsp3) is 0.273. The Kier molecular flexibility index (Phi) is 5.52. The number of rotatable bonds is 6. The normalized spacial score (nSPS) is 23.2. The van der Waals surface area contributed by atoms with Gasteiger partial charge in [0.05, 0.1) is 17.3 Å². The van der Waals surface area contributed by atoms with Gasteiger partial charge in [-0.05, 0) is 37.5 Å². The summed E-state index contributed by atoms with van der Waals surface area (Å²) in [6, 6.07) is 5.11. The number of allylic oxidation sites excluding steroid dienone is 2. The number of nitriles is 1. The van der Waals surface area contributed by atoms with E-state index in [1.54, 1.807) is 34.1 Å². The van der Waals surface area contributed by atoms with Gasteiger partial charge in [-0.1, -0.05) is 12.2 Å². The molecular weight excluding hydrogens is 420 g/mol. The molecule has 0 fully saturated rings.